The Morgan fingerprint density at radius 3 is 2.52 bits per heavy atom. The molecular weight excluding hydrogens is 346 g/mol. The molecule has 0 atom stereocenters. The maximum atomic E-state index is 12.5. The van der Waals surface area contributed by atoms with Crippen LogP contribution in [-0.4, -0.2) is 29.2 Å². The summed E-state index contributed by atoms with van der Waals surface area (Å²) in [5, 5.41) is 10.3. The van der Waals surface area contributed by atoms with E-state index in [0.29, 0.717) is 12.3 Å². The standard InChI is InChI=1S/C20H19N3O4/c1-12-8-9-14(13(2)10-12)11-17-22-23-20(27-17)21-18(24)15-6-4-5-7-16(15)19(25)26-3/h4-10H,11H2,1-3H3,(H,21,23,24). The van der Waals surface area contributed by atoms with Gasteiger partial charge in [0.15, 0.2) is 0 Å². The molecule has 3 aromatic rings. The molecule has 1 heterocycles. The summed E-state index contributed by atoms with van der Waals surface area (Å²) in [6, 6.07) is 12.4. The molecule has 0 saturated heterocycles. The second kappa shape index (κ2) is 7.82. The molecule has 0 aliphatic rings. The molecule has 1 aromatic heterocycles. The average molecular weight is 365 g/mol. The summed E-state index contributed by atoms with van der Waals surface area (Å²) in [5.74, 6) is -0.738. The average Bonchev–Trinajstić information content (AvgIpc) is 3.10. The second-order valence-electron chi connectivity index (χ2n) is 6.10. The van der Waals surface area contributed by atoms with Crippen molar-refractivity contribution in [3.8, 4) is 0 Å². The molecule has 7 heteroatoms. The van der Waals surface area contributed by atoms with Gasteiger partial charge in [-0.15, -0.1) is 5.10 Å². The van der Waals surface area contributed by atoms with Gasteiger partial charge in [-0.1, -0.05) is 41.0 Å². The SMILES string of the molecule is COC(=O)c1ccccc1C(=O)Nc1nnc(Cc2ccc(C)cc2C)o1. The topological polar surface area (TPSA) is 94.3 Å². The molecule has 1 amide bonds. The molecular formula is C20H19N3O4. The smallest absolute Gasteiger partial charge is 0.338 e. The van der Waals surface area contributed by atoms with Crippen molar-refractivity contribution in [1.82, 2.24) is 10.2 Å². The van der Waals surface area contributed by atoms with Gasteiger partial charge in [0.05, 0.1) is 24.7 Å². The quantitative estimate of drug-likeness (QED) is 0.697. The highest BCUT2D eigenvalue weighted by atomic mass is 16.5. The van der Waals surface area contributed by atoms with Crippen LogP contribution < -0.4 is 5.32 Å². The molecule has 1 N–H and O–H groups in total. The number of nitrogens with one attached hydrogen (secondary N) is 1. The molecule has 0 aliphatic carbocycles. The number of amides is 1. The van der Waals surface area contributed by atoms with Crippen molar-refractivity contribution in [3.63, 3.8) is 0 Å². The minimum Gasteiger partial charge on any atom is -0.465 e. The van der Waals surface area contributed by atoms with E-state index in [-0.39, 0.29) is 17.1 Å². The van der Waals surface area contributed by atoms with Crippen molar-refractivity contribution in [1.29, 1.82) is 0 Å². The summed E-state index contributed by atoms with van der Waals surface area (Å²) in [4.78, 5) is 24.3. The molecule has 0 unspecified atom stereocenters. The fourth-order valence-electron chi connectivity index (χ4n) is 2.72. The molecule has 0 fully saturated rings. The number of hydrogen-bond donors (Lipinski definition) is 1. The lowest BCUT2D eigenvalue weighted by atomic mass is 10.0. The summed E-state index contributed by atoms with van der Waals surface area (Å²) in [7, 11) is 1.26. The molecule has 0 radical (unpaired) electrons. The van der Waals surface area contributed by atoms with Gasteiger partial charge in [0.2, 0.25) is 5.89 Å². The van der Waals surface area contributed by atoms with Crippen LogP contribution in [0.4, 0.5) is 6.01 Å². The van der Waals surface area contributed by atoms with Gasteiger partial charge in [-0.25, -0.2) is 4.79 Å². The second-order valence-corrected chi connectivity index (χ2v) is 6.10. The Hall–Kier alpha value is -3.48. The lowest BCUT2D eigenvalue weighted by Gasteiger charge is -2.06. The number of anilines is 1. The van der Waals surface area contributed by atoms with Crippen molar-refractivity contribution in [2.75, 3.05) is 12.4 Å². The molecule has 138 valence electrons. The predicted molar refractivity (Wildman–Crippen MR) is 98.8 cm³/mol. The van der Waals surface area contributed by atoms with Crippen LogP contribution in [0.15, 0.2) is 46.9 Å². The van der Waals surface area contributed by atoms with E-state index in [1.807, 2.05) is 26.0 Å². The Morgan fingerprint density at radius 2 is 1.81 bits per heavy atom. The summed E-state index contributed by atoms with van der Waals surface area (Å²) in [5.41, 5.74) is 3.70. The van der Waals surface area contributed by atoms with Gasteiger partial charge >= 0.3 is 12.0 Å². The van der Waals surface area contributed by atoms with Gasteiger partial charge in [-0.3, -0.25) is 10.1 Å². The summed E-state index contributed by atoms with van der Waals surface area (Å²) in [6.07, 6.45) is 0.466. The number of methoxy groups -OCH3 is 1. The third kappa shape index (κ3) is 4.20. The van der Waals surface area contributed by atoms with Crippen LogP contribution >= 0.6 is 0 Å². The Balaban J connectivity index is 1.74. The van der Waals surface area contributed by atoms with Crippen molar-refractivity contribution in [2.45, 2.75) is 20.3 Å². The highest BCUT2D eigenvalue weighted by Crippen LogP contribution is 2.17. The van der Waals surface area contributed by atoms with Gasteiger partial charge in [0, 0.05) is 0 Å². The molecule has 0 spiro atoms. The van der Waals surface area contributed by atoms with Crippen LogP contribution in [-0.2, 0) is 11.2 Å². The number of carbonyl (C=O) groups is 2. The fraction of sp³-hybridized carbons (Fsp3) is 0.200. The zero-order chi connectivity index (χ0) is 19.4. The molecule has 7 nitrogen and oxygen atoms in total. The normalized spacial score (nSPS) is 10.5. The number of benzene rings is 2. The summed E-state index contributed by atoms with van der Waals surface area (Å²) >= 11 is 0. The van der Waals surface area contributed by atoms with Crippen LogP contribution in [0.25, 0.3) is 0 Å². The number of carbonyl (C=O) groups excluding carboxylic acids is 2. The van der Waals surface area contributed by atoms with Crippen LogP contribution in [0.3, 0.4) is 0 Å². The number of esters is 1. The summed E-state index contributed by atoms with van der Waals surface area (Å²) in [6.45, 7) is 4.05. The fourth-order valence-corrected chi connectivity index (χ4v) is 2.72. The highest BCUT2D eigenvalue weighted by molar-refractivity contribution is 6.10. The molecule has 2 aromatic carbocycles. The first-order chi connectivity index (χ1) is 13.0. The Labute approximate surface area is 156 Å². The van der Waals surface area contributed by atoms with Crippen molar-refractivity contribution >= 4 is 17.9 Å². The number of aryl methyl sites for hydroxylation is 2. The third-order valence-corrected chi connectivity index (χ3v) is 4.10. The van der Waals surface area contributed by atoms with E-state index >= 15 is 0 Å². The molecule has 3 rings (SSSR count). The largest absolute Gasteiger partial charge is 0.465 e. The predicted octanol–water partition coefficient (Wildman–Crippen LogP) is 3.32. The summed E-state index contributed by atoms with van der Waals surface area (Å²) < 4.78 is 10.2. The van der Waals surface area contributed by atoms with E-state index in [0.717, 1.165) is 11.1 Å². The lowest BCUT2D eigenvalue weighted by molar-refractivity contribution is 0.0597. The van der Waals surface area contributed by atoms with Gasteiger partial charge < -0.3 is 9.15 Å². The first-order valence-electron chi connectivity index (χ1n) is 8.35. The Morgan fingerprint density at radius 1 is 1.07 bits per heavy atom. The van der Waals surface area contributed by atoms with Crippen molar-refractivity contribution in [3.05, 3.63) is 76.2 Å². The number of ether oxygens (including phenoxy) is 1. The maximum absolute atomic E-state index is 12.5. The van der Waals surface area contributed by atoms with Crippen LogP contribution in [0.2, 0.25) is 0 Å². The first-order valence-corrected chi connectivity index (χ1v) is 8.35. The van der Waals surface area contributed by atoms with Gasteiger partial charge in [0.25, 0.3) is 5.91 Å². The van der Waals surface area contributed by atoms with Gasteiger partial charge in [-0.05, 0) is 37.1 Å². The first kappa shape index (κ1) is 18.3. The van der Waals surface area contributed by atoms with E-state index in [4.69, 9.17) is 9.15 Å². The maximum Gasteiger partial charge on any atom is 0.338 e. The Kier molecular flexibility index (Phi) is 5.30. The highest BCUT2D eigenvalue weighted by Gasteiger charge is 2.19. The third-order valence-electron chi connectivity index (χ3n) is 4.10. The van der Waals surface area contributed by atoms with E-state index in [9.17, 15) is 9.59 Å². The lowest BCUT2D eigenvalue weighted by Crippen LogP contribution is -2.17. The van der Waals surface area contributed by atoms with Gasteiger partial charge in [0.1, 0.15) is 0 Å². The minimum absolute atomic E-state index is 0.0283. The van der Waals surface area contributed by atoms with E-state index in [1.54, 1.807) is 12.1 Å². The zero-order valence-electron chi connectivity index (χ0n) is 15.3. The van der Waals surface area contributed by atoms with Gasteiger partial charge in [-0.2, -0.15) is 0 Å². The van der Waals surface area contributed by atoms with Crippen LogP contribution in [0.1, 0.15) is 43.3 Å². The monoisotopic (exact) mass is 365 g/mol. The number of hydrogen-bond acceptors (Lipinski definition) is 6. The minimum atomic E-state index is -0.596. The van der Waals surface area contributed by atoms with E-state index < -0.39 is 11.9 Å². The van der Waals surface area contributed by atoms with Crippen molar-refractivity contribution < 1.29 is 18.7 Å². The molecule has 0 aliphatic heterocycles. The zero-order valence-corrected chi connectivity index (χ0v) is 15.3. The molecule has 0 saturated carbocycles. The molecule has 27 heavy (non-hydrogen) atoms. The van der Waals surface area contributed by atoms with Crippen LogP contribution in [0, 0.1) is 13.8 Å². The van der Waals surface area contributed by atoms with Crippen molar-refractivity contribution in [2.24, 2.45) is 0 Å². The number of aromatic nitrogens is 2. The molecule has 0 bridgehead atoms. The number of nitrogens with zero attached hydrogens (tertiary/aromatic N) is 2. The Bertz CT molecular complexity index is 994. The number of rotatable bonds is 5. The van der Waals surface area contributed by atoms with E-state index in [2.05, 4.69) is 21.6 Å². The van der Waals surface area contributed by atoms with Crippen LogP contribution in [0.5, 0.6) is 0 Å². The van der Waals surface area contributed by atoms with E-state index in [1.165, 1.54) is 24.8 Å².